The molecule has 0 aliphatic carbocycles. The Morgan fingerprint density at radius 2 is 1.33 bits per heavy atom. The second kappa shape index (κ2) is 11.0. The van der Waals surface area contributed by atoms with E-state index in [1.54, 1.807) is 0 Å². The van der Waals surface area contributed by atoms with Gasteiger partial charge in [-0.25, -0.2) is 4.79 Å². The van der Waals surface area contributed by atoms with Gasteiger partial charge in [0.1, 0.15) is 0 Å². The number of rotatable bonds is 0. The molecule has 0 bridgehead atoms. The predicted octanol–water partition coefficient (Wildman–Crippen LogP) is -4.49. The fourth-order valence-electron chi connectivity index (χ4n) is 0. The van der Waals surface area contributed by atoms with E-state index < -0.39 is 12.2 Å². The molecule has 0 aromatic rings. The summed E-state index contributed by atoms with van der Waals surface area (Å²) in [7, 11) is 0. The molecule has 0 aliphatic rings. The Hall–Kier alpha value is 0.176. The van der Waals surface area contributed by atoms with Gasteiger partial charge in [0.25, 0.3) is 0 Å². The molecule has 6 nitrogen and oxygen atoms in total. The standard InChI is InChI=1S/CH3NO2.CH2O3.K/c2*2-1(3)4;/h2H2,(H,3,4);(H2,2,3,4);/q;;+1/p-1. The summed E-state index contributed by atoms with van der Waals surface area (Å²) >= 11 is 0. The van der Waals surface area contributed by atoms with Crippen LogP contribution in [0.5, 0.6) is 0 Å². The van der Waals surface area contributed by atoms with Crippen molar-refractivity contribution in [2.24, 2.45) is 5.73 Å². The number of hydrogen-bond donors (Lipinski definition) is 3. The molecule has 0 aliphatic heterocycles. The molecule has 0 spiro atoms. The SMILES string of the molecule is NC(=O)O.O=C([O-])O.[K+]. The molecule has 9 heavy (non-hydrogen) atoms. The minimum atomic E-state index is -2.08. The Morgan fingerprint density at radius 3 is 1.33 bits per heavy atom. The van der Waals surface area contributed by atoms with Gasteiger partial charge in [-0.1, -0.05) is 0 Å². The minimum Gasteiger partial charge on any atom is -0.565 e. The van der Waals surface area contributed by atoms with Crippen molar-refractivity contribution in [3.05, 3.63) is 0 Å². The van der Waals surface area contributed by atoms with Gasteiger partial charge in [-0.3, -0.25) is 0 Å². The molecule has 0 radical (unpaired) electrons. The molecule has 0 heterocycles. The Labute approximate surface area is 93.1 Å². The summed E-state index contributed by atoms with van der Waals surface area (Å²) < 4.78 is 0. The second-order valence-electron chi connectivity index (χ2n) is 0.604. The molecule has 1 amide bonds. The minimum absolute atomic E-state index is 0. The molecule has 0 aromatic carbocycles. The summed E-state index contributed by atoms with van der Waals surface area (Å²) in [5.74, 6) is 0. The van der Waals surface area contributed by atoms with Crippen LogP contribution < -0.4 is 62.2 Å². The number of nitrogens with two attached hydrogens (primary N) is 1. The number of carbonyl (C=O) groups is 2. The summed E-state index contributed by atoms with van der Waals surface area (Å²) in [6.07, 6.45) is -3.42. The van der Waals surface area contributed by atoms with E-state index in [1.165, 1.54) is 0 Å². The van der Waals surface area contributed by atoms with Gasteiger partial charge in [0.2, 0.25) is 6.16 Å². The van der Waals surface area contributed by atoms with E-state index in [0.717, 1.165) is 0 Å². The van der Waals surface area contributed by atoms with Gasteiger partial charge in [-0.05, 0) is 0 Å². The normalized spacial score (nSPS) is 5.33. The number of hydrogen-bond acceptors (Lipinski definition) is 3. The molecular weight excluding hydrogens is 157 g/mol. The largest absolute Gasteiger partial charge is 1.00 e. The zero-order chi connectivity index (χ0) is 7.15. The monoisotopic (exact) mass is 161 g/mol. The Kier molecular flexibility index (Phi) is 19.7. The van der Waals surface area contributed by atoms with Crippen LogP contribution in [0.1, 0.15) is 0 Å². The number of primary amides is 1. The van der Waals surface area contributed by atoms with E-state index in [2.05, 4.69) is 5.73 Å². The first-order chi connectivity index (χ1) is 3.46. The van der Waals surface area contributed by atoms with Crippen LogP contribution >= 0.6 is 0 Å². The fraction of sp³-hybridized carbons (Fsp3) is 0. The van der Waals surface area contributed by atoms with Gasteiger partial charge in [-0.15, -0.1) is 0 Å². The maximum Gasteiger partial charge on any atom is 1.00 e. The maximum absolute atomic E-state index is 8.78. The smallest absolute Gasteiger partial charge is 0.565 e. The Bertz CT molecular complexity index is 73.0. The van der Waals surface area contributed by atoms with Crippen molar-refractivity contribution in [3.8, 4) is 0 Å². The van der Waals surface area contributed by atoms with E-state index >= 15 is 0 Å². The first-order valence-electron chi connectivity index (χ1n) is 1.35. The number of amides is 1. The predicted molar refractivity (Wildman–Crippen MR) is 20.2 cm³/mol. The molecule has 0 rings (SSSR count). The van der Waals surface area contributed by atoms with Crippen LogP contribution in [-0.2, 0) is 0 Å². The van der Waals surface area contributed by atoms with Gasteiger partial charge in [0, 0.05) is 0 Å². The molecule has 0 fully saturated rings. The average Bonchev–Trinajstić information content (AvgIpc) is 1.25. The average molecular weight is 161 g/mol. The molecule has 0 atom stereocenters. The van der Waals surface area contributed by atoms with Gasteiger partial charge in [0.05, 0.1) is 0 Å². The van der Waals surface area contributed by atoms with Crippen LogP contribution in [0.4, 0.5) is 9.59 Å². The topological polar surface area (TPSA) is 124 Å². The quantitative estimate of drug-likeness (QED) is 0.309. The molecule has 48 valence electrons. The van der Waals surface area contributed by atoms with Crippen molar-refractivity contribution in [2.75, 3.05) is 0 Å². The Morgan fingerprint density at radius 1 is 1.33 bits per heavy atom. The van der Waals surface area contributed by atoms with Crippen LogP contribution in [0.2, 0.25) is 0 Å². The van der Waals surface area contributed by atoms with Crippen molar-refractivity contribution < 1.29 is 76.3 Å². The van der Waals surface area contributed by atoms with E-state index in [1.807, 2.05) is 0 Å². The summed E-state index contributed by atoms with van der Waals surface area (Å²) in [5, 5.41) is 22.5. The van der Waals surface area contributed by atoms with Crippen molar-refractivity contribution in [2.45, 2.75) is 0 Å². The molecular formula is C2H4KNO5. The van der Waals surface area contributed by atoms with Gasteiger partial charge in [-0.2, -0.15) is 0 Å². The van der Waals surface area contributed by atoms with Gasteiger partial charge in [0.15, 0.2) is 0 Å². The van der Waals surface area contributed by atoms with Crippen molar-refractivity contribution in [3.63, 3.8) is 0 Å². The van der Waals surface area contributed by atoms with Crippen LogP contribution in [0.15, 0.2) is 0 Å². The second-order valence-corrected chi connectivity index (χ2v) is 0.604. The summed E-state index contributed by atoms with van der Waals surface area (Å²) in [5.41, 5.74) is 4.03. The van der Waals surface area contributed by atoms with E-state index in [-0.39, 0.29) is 51.4 Å². The van der Waals surface area contributed by atoms with Gasteiger partial charge < -0.3 is 25.8 Å². The first-order valence-corrected chi connectivity index (χ1v) is 1.35. The molecule has 0 unspecified atom stereocenters. The molecule has 0 saturated heterocycles. The summed E-state index contributed by atoms with van der Waals surface area (Å²) in [4.78, 5) is 17.2. The van der Waals surface area contributed by atoms with E-state index in [9.17, 15) is 0 Å². The number of carboxylic acid groups (broad SMARTS) is 3. The van der Waals surface area contributed by atoms with Crippen LogP contribution in [0, 0.1) is 0 Å². The summed E-state index contributed by atoms with van der Waals surface area (Å²) in [6, 6.07) is 0. The third-order valence-corrected chi connectivity index (χ3v) is 0. The third-order valence-electron chi connectivity index (χ3n) is 0. The fourth-order valence-corrected chi connectivity index (χ4v) is 0. The zero-order valence-electron chi connectivity index (χ0n) is 4.70. The van der Waals surface area contributed by atoms with Crippen molar-refractivity contribution in [1.29, 1.82) is 0 Å². The summed E-state index contributed by atoms with van der Waals surface area (Å²) in [6.45, 7) is 0. The van der Waals surface area contributed by atoms with E-state index in [4.69, 9.17) is 24.9 Å². The first kappa shape index (κ1) is 16.1. The van der Waals surface area contributed by atoms with Crippen LogP contribution in [-0.4, -0.2) is 22.5 Å². The Balaban J connectivity index is -0.0000000720. The van der Waals surface area contributed by atoms with Crippen LogP contribution in [0.25, 0.3) is 0 Å². The molecule has 0 aromatic heterocycles. The van der Waals surface area contributed by atoms with Crippen molar-refractivity contribution in [1.82, 2.24) is 0 Å². The van der Waals surface area contributed by atoms with Gasteiger partial charge >= 0.3 is 57.5 Å². The zero-order valence-corrected chi connectivity index (χ0v) is 7.82. The third kappa shape index (κ3) is 10000. The van der Waals surface area contributed by atoms with Crippen LogP contribution in [0.3, 0.4) is 0 Å². The molecule has 4 N–H and O–H groups in total. The van der Waals surface area contributed by atoms with E-state index in [0.29, 0.717) is 0 Å². The molecule has 0 saturated carbocycles. The maximum atomic E-state index is 8.78. The van der Waals surface area contributed by atoms with Crippen molar-refractivity contribution >= 4 is 12.2 Å². The molecule has 7 heteroatoms.